The number of Topliss-reactive ketones (excluding diaryl/α,β-unsaturated/α-hetero) is 2. The molecule has 0 unspecified atom stereocenters. The fourth-order valence-corrected chi connectivity index (χ4v) is 8.97. The van der Waals surface area contributed by atoms with Gasteiger partial charge in [-0.15, -0.1) is 5.06 Å². The largest absolute Gasteiger partial charge is 0.394 e. The summed E-state index contributed by atoms with van der Waals surface area (Å²) < 4.78 is 32.2. The van der Waals surface area contributed by atoms with Crippen LogP contribution >= 0.6 is 0 Å². The number of hydrogen-bond donors (Lipinski definition) is 16. The zero-order valence-corrected chi connectivity index (χ0v) is 46.2. The number of nitrogens with one attached hydrogen (secondary N) is 4. The van der Waals surface area contributed by atoms with E-state index in [1.165, 1.54) is 0 Å². The molecule has 6 amide bonds. The van der Waals surface area contributed by atoms with Crippen LogP contribution in [0.1, 0.15) is 83.5 Å². The van der Waals surface area contributed by atoms with Gasteiger partial charge in [-0.1, -0.05) is 0 Å². The molecular formula is C50H82N6O28. The fourth-order valence-electron chi connectivity index (χ4n) is 8.97. The molecule has 0 aliphatic carbocycles. The van der Waals surface area contributed by atoms with Crippen LogP contribution < -0.4 is 21.3 Å². The van der Waals surface area contributed by atoms with Crippen LogP contribution in [0.2, 0.25) is 0 Å². The van der Waals surface area contributed by atoms with Gasteiger partial charge in [0.1, 0.15) is 79.0 Å². The minimum absolute atomic E-state index is 0.00206. The van der Waals surface area contributed by atoms with Gasteiger partial charge in [0.25, 0.3) is 11.8 Å². The van der Waals surface area contributed by atoms with Crippen molar-refractivity contribution >= 4 is 53.0 Å². The average Bonchev–Trinajstić information content (AvgIpc) is 3.84. The van der Waals surface area contributed by atoms with Gasteiger partial charge in [-0.05, 0) is 44.9 Å². The number of rotatable bonds is 38. The summed E-state index contributed by atoms with van der Waals surface area (Å²) in [6.45, 7) is -5.44. The number of aliphatic hydroxyl groups excluding tert-OH is 12. The highest BCUT2D eigenvalue weighted by molar-refractivity contribution is 6.01. The summed E-state index contributed by atoms with van der Waals surface area (Å²) in [6, 6.07) is -1.16. The van der Waals surface area contributed by atoms with Gasteiger partial charge in [0.2, 0.25) is 23.6 Å². The number of amides is 6. The molecule has 4 fully saturated rings. The number of carbonyl (C=O) groups is 9. The molecule has 34 nitrogen and oxygen atoms in total. The van der Waals surface area contributed by atoms with Crippen LogP contribution in [-0.2, 0) is 76.4 Å². The van der Waals surface area contributed by atoms with E-state index in [0.717, 1.165) is 4.90 Å². The maximum atomic E-state index is 13.6. The van der Waals surface area contributed by atoms with Crippen molar-refractivity contribution in [2.24, 2.45) is 0 Å². The second-order valence-electron chi connectivity index (χ2n) is 20.4. The minimum Gasteiger partial charge on any atom is -0.394 e. The summed E-state index contributed by atoms with van der Waals surface area (Å²) >= 11 is 0. The molecule has 4 heterocycles. The Bertz CT molecular complexity index is 2050. The molecule has 16 atom stereocenters. The van der Waals surface area contributed by atoms with Crippen LogP contribution in [0.5, 0.6) is 0 Å². The number of imide groups is 1. The number of ketones is 2. The van der Waals surface area contributed by atoms with Gasteiger partial charge in [-0.2, -0.15) is 0 Å². The van der Waals surface area contributed by atoms with Gasteiger partial charge in [-0.25, -0.2) is 4.79 Å². The Kier molecular flexibility index (Phi) is 31.4. The van der Waals surface area contributed by atoms with E-state index in [1.807, 2.05) is 0 Å². The van der Waals surface area contributed by atoms with Crippen molar-refractivity contribution in [3.05, 3.63) is 0 Å². The molecule has 4 saturated heterocycles. The zero-order valence-electron chi connectivity index (χ0n) is 46.2. The first-order chi connectivity index (χ1) is 40.0. The first-order valence-electron chi connectivity index (χ1n) is 27.7. The number of hydroxylamine groups is 2. The summed E-state index contributed by atoms with van der Waals surface area (Å²) in [5.41, 5.74) is 0. The number of nitrogens with zero attached hydrogens (tertiary/aromatic N) is 2. The number of carbonyl (C=O) groups excluding carboxylic acids is 9. The van der Waals surface area contributed by atoms with Crippen molar-refractivity contribution in [2.75, 3.05) is 78.9 Å². The molecular weight excluding hydrogens is 1130 g/mol. The predicted molar refractivity (Wildman–Crippen MR) is 275 cm³/mol. The average molecular weight is 1220 g/mol. The fraction of sp³-hybridized carbons (Fsp3) is 0.820. The van der Waals surface area contributed by atoms with Crippen LogP contribution in [-0.4, -0.2) is 301 Å². The maximum Gasteiger partial charge on any atom is 0.333 e. The van der Waals surface area contributed by atoms with Gasteiger partial charge in [0, 0.05) is 51.6 Å². The van der Waals surface area contributed by atoms with Gasteiger partial charge < -0.3 is 116 Å². The Morgan fingerprint density at radius 1 is 0.500 bits per heavy atom. The number of hydrogen-bond acceptors (Lipinski definition) is 29. The molecule has 0 saturated carbocycles. The van der Waals surface area contributed by atoms with E-state index in [9.17, 15) is 104 Å². The molecule has 0 aromatic heterocycles. The Balaban J connectivity index is 1.30. The Labute approximate surface area is 481 Å². The molecule has 0 aromatic rings. The van der Waals surface area contributed by atoms with Crippen molar-refractivity contribution in [2.45, 2.75) is 182 Å². The van der Waals surface area contributed by atoms with Crippen molar-refractivity contribution in [1.29, 1.82) is 0 Å². The highest BCUT2D eigenvalue weighted by atomic mass is 16.7. The lowest BCUT2D eigenvalue weighted by Gasteiger charge is -2.39. The Morgan fingerprint density at radius 2 is 0.964 bits per heavy atom. The third kappa shape index (κ3) is 23.1. The molecule has 4 rings (SSSR count). The maximum absolute atomic E-state index is 13.6. The van der Waals surface area contributed by atoms with E-state index < -0.39 is 191 Å². The van der Waals surface area contributed by atoms with E-state index in [0.29, 0.717) is 11.5 Å². The van der Waals surface area contributed by atoms with E-state index in [-0.39, 0.29) is 116 Å². The summed E-state index contributed by atoms with van der Waals surface area (Å²) in [6.07, 6.45) is -22.9. The van der Waals surface area contributed by atoms with Gasteiger partial charge in [0.15, 0.2) is 24.7 Å². The van der Waals surface area contributed by atoms with Crippen LogP contribution in [0.3, 0.4) is 0 Å². The zero-order chi connectivity index (χ0) is 62.0. The molecule has 4 aliphatic rings. The molecule has 480 valence electrons. The second-order valence-corrected chi connectivity index (χ2v) is 20.4. The highest BCUT2D eigenvalue weighted by Gasteiger charge is 2.46. The van der Waals surface area contributed by atoms with E-state index in [2.05, 4.69) is 21.3 Å². The van der Waals surface area contributed by atoms with Crippen LogP contribution in [0.4, 0.5) is 0 Å². The summed E-state index contributed by atoms with van der Waals surface area (Å²) in [5, 5.41) is 130. The SMILES string of the molecule is O=C(CCCO[C@H]1O[C@H](CO)[C@@H](O)[C@H](O)[C@@H]1O)CN(CC(=O)NCCO[C@@H]1O[C@H](CO)[C@@H](O)[C@H](O)[C@H]1O)CC(=O)NCC(=O)N[C@@H](CCCCNC(=O)CCCCC(=O)ON1C(=O)CCC1=O)C(=O)CCCO[C@H]1O[C@H](CO)[C@@H](O)[C@H](O)[C@@H]1O. The normalized spacial score (nSPS) is 29.3. The lowest BCUT2D eigenvalue weighted by atomic mass is 9.99. The van der Waals surface area contributed by atoms with Crippen molar-refractivity contribution in [3.8, 4) is 0 Å². The highest BCUT2D eigenvalue weighted by Crippen LogP contribution is 2.25. The summed E-state index contributed by atoms with van der Waals surface area (Å²) in [7, 11) is 0. The van der Waals surface area contributed by atoms with Gasteiger partial charge >= 0.3 is 5.97 Å². The molecule has 34 heteroatoms. The van der Waals surface area contributed by atoms with Crippen molar-refractivity contribution < 1.29 is 138 Å². The lowest BCUT2D eigenvalue weighted by molar-refractivity contribution is -0.301. The summed E-state index contributed by atoms with van der Waals surface area (Å²) in [5.74, 6) is -5.86. The third-order valence-electron chi connectivity index (χ3n) is 13.8. The van der Waals surface area contributed by atoms with Gasteiger partial charge in [-0.3, -0.25) is 43.3 Å². The van der Waals surface area contributed by atoms with Crippen molar-refractivity contribution in [3.63, 3.8) is 0 Å². The molecule has 0 aromatic carbocycles. The molecule has 0 radical (unpaired) electrons. The summed E-state index contributed by atoms with van der Waals surface area (Å²) in [4.78, 5) is 120. The quantitative estimate of drug-likeness (QED) is 0.0202. The Hall–Kier alpha value is -4.93. The molecule has 16 N–H and O–H groups in total. The minimum atomic E-state index is -1.72. The number of unbranched alkanes of at least 4 members (excludes halogenated alkanes) is 2. The van der Waals surface area contributed by atoms with E-state index in [4.69, 9.17) is 33.3 Å². The topological polar surface area (TPSA) is 516 Å². The molecule has 4 aliphatic heterocycles. The van der Waals surface area contributed by atoms with Crippen LogP contribution in [0.15, 0.2) is 0 Å². The van der Waals surface area contributed by atoms with E-state index >= 15 is 0 Å². The Morgan fingerprint density at radius 3 is 1.48 bits per heavy atom. The standard InChI is InChI=1S/C50H82N6O28/c57-23-29-39(69)42(72)45(75)48(81-29)78-16-5-7-26(60)20-55(21-34(64)52-15-18-80-50-47(77)44(74)41(71)31(25-59)83-50)22-35(65)53-19-33(63)54-27(28(61)9-6-17-79-49-46(76)43(73)40(70)30(24-58)82-49)8-3-4-14-51-32(62)10-1-2-11-38(68)84-56-36(66)12-13-37(56)67/h27,29-31,39-50,57-59,69-77H,1-25H2,(H,51,62)(H,52,64)(H,53,65)(H,54,63)/t27-,29+,30+,31+,39+,40+,41+,42-,43-,44-,45-,46-,47+,48-,49-,50+/m0/s1. The van der Waals surface area contributed by atoms with Gasteiger partial charge in [0.05, 0.1) is 71.9 Å². The monoisotopic (exact) mass is 1210 g/mol. The molecule has 0 bridgehead atoms. The first kappa shape index (κ1) is 71.6. The molecule has 0 spiro atoms. The lowest BCUT2D eigenvalue weighted by Crippen LogP contribution is -2.59. The predicted octanol–water partition coefficient (Wildman–Crippen LogP) is -9.39. The third-order valence-corrected chi connectivity index (χ3v) is 13.8. The first-order valence-corrected chi connectivity index (χ1v) is 27.7. The second kappa shape index (κ2) is 36.9. The van der Waals surface area contributed by atoms with Crippen molar-refractivity contribution in [1.82, 2.24) is 31.2 Å². The number of aliphatic hydroxyl groups is 12. The smallest absolute Gasteiger partial charge is 0.333 e. The van der Waals surface area contributed by atoms with Crippen LogP contribution in [0.25, 0.3) is 0 Å². The van der Waals surface area contributed by atoms with E-state index in [1.54, 1.807) is 0 Å². The van der Waals surface area contributed by atoms with Crippen LogP contribution in [0, 0.1) is 0 Å². The molecule has 84 heavy (non-hydrogen) atoms. The number of ether oxygens (including phenoxy) is 6.